The molecule has 0 amide bonds. The number of unbranched alkanes of at least 4 members (excludes halogenated alkanes) is 35. The smallest absolute Gasteiger partial charge is 0.306 e. The van der Waals surface area contributed by atoms with E-state index in [2.05, 4.69) is 93.7 Å². The Bertz CT molecular complexity index is 1370. The molecule has 0 aromatic heterocycles. The summed E-state index contributed by atoms with van der Waals surface area (Å²) in [6.07, 6.45) is 81.2. The van der Waals surface area contributed by atoms with E-state index in [4.69, 9.17) is 14.2 Å². The van der Waals surface area contributed by atoms with Gasteiger partial charge in [0.25, 0.3) is 0 Å². The Morgan fingerprint density at radius 1 is 0.284 bits per heavy atom. The van der Waals surface area contributed by atoms with Crippen LogP contribution in [0.25, 0.3) is 0 Å². The average molecular weight is 1030 g/mol. The van der Waals surface area contributed by atoms with Gasteiger partial charge < -0.3 is 14.2 Å². The molecular weight excluding hydrogens is 913 g/mol. The van der Waals surface area contributed by atoms with Crippen molar-refractivity contribution in [2.45, 2.75) is 329 Å². The second kappa shape index (κ2) is 62.4. The maximum absolute atomic E-state index is 12.8. The summed E-state index contributed by atoms with van der Waals surface area (Å²) >= 11 is 0. The number of allylic oxidation sites excluding steroid dienone is 12. The molecule has 0 rings (SSSR count). The molecule has 0 bridgehead atoms. The third-order valence-electron chi connectivity index (χ3n) is 13.9. The molecule has 0 aromatic rings. The van der Waals surface area contributed by atoms with Crippen LogP contribution in [-0.2, 0) is 28.6 Å². The molecule has 0 aliphatic rings. The lowest BCUT2D eigenvalue weighted by atomic mass is 10.0. The number of carbonyl (C=O) groups excluding carboxylic acids is 3. The number of ether oxygens (including phenoxy) is 3. The molecule has 1 unspecified atom stereocenters. The first-order valence-corrected chi connectivity index (χ1v) is 31.9. The molecule has 0 spiro atoms. The maximum Gasteiger partial charge on any atom is 0.306 e. The Labute approximate surface area is 459 Å². The molecule has 74 heavy (non-hydrogen) atoms. The van der Waals surface area contributed by atoms with E-state index in [1.807, 2.05) is 0 Å². The van der Waals surface area contributed by atoms with Gasteiger partial charge >= 0.3 is 17.9 Å². The summed E-state index contributed by atoms with van der Waals surface area (Å²) in [6.45, 7) is 6.44. The number of hydrogen-bond donors (Lipinski definition) is 0. The van der Waals surface area contributed by atoms with E-state index in [0.717, 1.165) is 83.5 Å². The standard InChI is InChI=1S/C68H120O6/c1-4-7-10-13-16-18-20-22-24-25-26-27-28-29-30-31-32-33-34-35-36-37-38-39-40-41-42-43-45-46-48-50-52-55-58-61-67(70)73-64-65(63-72-66(69)60-57-54-15-12-9-6-3)74-68(71)62-59-56-53-51-49-47-44-23-21-19-17-14-11-8-5-2/h8,11,17,19-20,22-23,25-26,44,49,51,65H,4-7,9-10,12-16,18,21,24,27-43,45-48,50,52-64H2,1-3H3/b11-8-,19-17-,22-20-,26-25-,44-23-,51-49-. The molecule has 0 aromatic carbocycles. The normalized spacial score (nSPS) is 12.5. The Hall–Kier alpha value is -3.15. The minimum Gasteiger partial charge on any atom is -0.462 e. The summed E-state index contributed by atoms with van der Waals surface area (Å²) in [7, 11) is 0. The molecule has 1 atom stereocenters. The fourth-order valence-electron chi connectivity index (χ4n) is 9.17. The van der Waals surface area contributed by atoms with Crippen molar-refractivity contribution < 1.29 is 28.6 Å². The molecule has 0 fully saturated rings. The van der Waals surface area contributed by atoms with Crippen molar-refractivity contribution in [2.24, 2.45) is 0 Å². The largest absolute Gasteiger partial charge is 0.462 e. The van der Waals surface area contributed by atoms with Crippen LogP contribution in [0.1, 0.15) is 323 Å². The molecular formula is C68H120O6. The lowest BCUT2D eigenvalue weighted by molar-refractivity contribution is -0.167. The third-order valence-corrected chi connectivity index (χ3v) is 13.9. The first-order chi connectivity index (χ1) is 36.5. The van der Waals surface area contributed by atoms with Crippen LogP contribution in [0.5, 0.6) is 0 Å². The van der Waals surface area contributed by atoms with Crippen LogP contribution in [0, 0.1) is 0 Å². The van der Waals surface area contributed by atoms with Gasteiger partial charge in [0.15, 0.2) is 6.10 Å². The van der Waals surface area contributed by atoms with Crippen LogP contribution in [0.4, 0.5) is 0 Å². The molecule has 0 radical (unpaired) electrons. The van der Waals surface area contributed by atoms with Gasteiger partial charge in [-0.15, -0.1) is 0 Å². The zero-order chi connectivity index (χ0) is 53.6. The summed E-state index contributed by atoms with van der Waals surface area (Å²) in [6, 6.07) is 0. The molecule has 6 heteroatoms. The highest BCUT2D eigenvalue weighted by atomic mass is 16.6. The van der Waals surface area contributed by atoms with Gasteiger partial charge in [0.05, 0.1) is 0 Å². The molecule has 0 N–H and O–H groups in total. The zero-order valence-electron chi connectivity index (χ0n) is 49.1. The second-order valence-corrected chi connectivity index (χ2v) is 21.3. The second-order valence-electron chi connectivity index (χ2n) is 21.3. The van der Waals surface area contributed by atoms with Crippen LogP contribution in [0.15, 0.2) is 72.9 Å². The predicted molar refractivity (Wildman–Crippen MR) is 321 cm³/mol. The SMILES string of the molecule is CC/C=C\C/C=C\C/C=C\C/C=C\CCCCC(=O)OC(COC(=O)CCCCCCCC)COC(=O)CCCCCCCCCCCCCCCCCCCCCCCCC/C=C\C/C=C\CCCCCCC. The van der Waals surface area contributed by atoms with Crippen molar-refractivity contribution in [1.29, 1.82) is 0 Å². The van der Waals surface area contributed by atoms with Crippen molar-refractivity contribution in [3.05, 3.63) is 72.9 Å². The molecule has 0 aliphatic carbocycles. The molecule has 6 nitrogen and oxygen atoms in total. The van der Waals surface area contributed by atoms with Gasteiger partial charge in [0.1, 0.15) is 13.2 Å². The van der Waals surface area contributed by atoms with Crippen molar-refractivity contribution in [2.75, 3.05) is 13.2 Å². The van der Waals surface area contributed by atoms with E-state index in [0.29, 0.717) is 19.3 Å². The summed E-state index contributed by atoms with van der Waals surface area (Å²) in [4.78, 5) is 37.9. The van der Waals surface area contributed by atoms with Crippen LogP contribution < -0.4 is 0 Å². The Morgan fingerprint density at radius 3 is 0.851 bits per heavy atom. The molecule has 0 heterocycles. The summed E-state index contributed by atoms with van der Waals surface area (Å²) in [5.41, 5.74) is 0. The maximum atomic E-state index is 12.8. The van der Waals surface area contributed by atoms with Crippen molar-refractivity contribution >= 4 is 17.9 Å². The quantitative estimate of drug-likeness (QED) is 0.0261. The van der Waals surface area contributed by atoms with Gasteiger partial charge in [0, 0.05) is 19.3 Å². The van der Waals surface area contributed by atoms with Gasteiger partial charge in [0.2, 0.25) is 0 Å². The van der Waals surface area contributed by atoms with E-state index < -0.39 is 6.10 Å². The van der Waals surface area contributed by atoms with E-state index >= 15 is 0 Å². The summed E-state index contributed by atoms with van der Waals surface area (Å²) in [5, 5.41) is 0. The number of rotatable bonds is 58. The molecule has 428 valence electrons. The topological polar surface area (TPSA) is 78.9 Å². The van der Waals surface area contributed by atoms with Gasteiger partial charge in [-0.05, 0) is 89.9 Å². The fraction of sp³-hybridized carbons (Fsp3) is 0.779. The van der Waals surface area contributed by atoms with Gasteiger partial charge in [-0.3, -0.25) is 14.4 Å². The molecule has 0 saturated heterocycles. The van der Waals surface area contributed by atoms with E-state index in [9.17, 15) is 14.4 Å². The predicted octanol–water partition coefficient (Wildman–Crippen LogP) is 21.7. The zero-order valence-corrected chi connectivity index (χ0v) is 49.1. The summed E-state index contributed by atoms with van der Waals surface area (Å²) < 4.78 is 16.7. The Kier molecular flexibility index (Phi) is 59.7. The van der Waals surface area contributed by atoms with Crippen molar-refractivity contribution in [3.63, 3.8) is 0 Å². The number of carbonyl (C=O) groups is 3. The minimum absolute atomic E-state index is 0.0889. The number of esters is 3. The highest BCUT2D eigenvalue weighted by Crippen LogP contribution is 2.17. The Morgan fingerprint density at radius 2 is 0.527 bits per heavy atom. The first-order valence-electron chi connectivity index (χ1n) is 31.9. The van der Waals surface area contributed by atoms with Gasteiger partial charge in [-0.1, -0.05) is 286 Å². The van der Waals surface area contributed by atoms with E-state index in [-0.39, 0.29) is 37.5 Å². The van der Waals surface area contributed by atoms with Crippen LogP contribution in [0.3, 0.4) is 0 Å². The number of hydrogen-bond acceptors (Lipinski definition) is 6. The highest BCUT2D eigenvalue weighted by molar-refractivity contribution is 5.71. The van der Waals surface area contributed by atoms with Crippen LogP contribution in [-0.4, -0.2) is 37.2 Å². The first kappa shape index (κ1) is 70.8. The fourth-order valence-corrected chi connectivity index (χ4v) is 9.17. The average Bonchev–Trinajstić information content (AvgIpc) is 3.40. The van der Waals surface area contributed by atoms with E-state index in [1.54, 1.807) is 0 Å². The lowest BCUT2D eigenvalue weighted by Gasteiger charge is -2.18. The lowest BCUT2D eigenvalue weighted by Crippen LogP contribution is -2.30. The van der Waals surface area contributed by atoms with Crippen molar-refractivity contribution in [1.82, 2.24) is 0 Å². The van der Waals surface area contributed by atoms with Gasteiger partial charge in [-0.25, -0.2) is 0 Å². The van der Waals surface area contributed by atoms with Crippen molar-refractivity contribution in [3.8, 4) is 0 Å². The summed E-state index contributed by atoms with van der Waals surface area (Å²) in [5.74, 6) is -0.931. The van der Waals surface area contributed by atoms with Gasteiger partial charge in [-0.2, -0.15) is 0 Å². The Balaban J connectivity index is 3.93. The molecule has 0 saturated carbocycles. The monoisotopic (exact) mass is 1030 g/mol. The molecule has 0 aliphatic heterocycles. The van der Waals surface area contributed by atoms with E-state index in [1.165, 1.54) is 193 Å². The minimum atomic E-state index is -0.792. The van der Waals surface area contributed by atoms with Crippen LogP contribution in [0.2, 0.25) is 0 Å². The highest BCUT2D eigenvalue weighted by Gasteiger charge is 2.19. The van der Waals surface area contributed by atoms with Crippen LogP contribution >= 0.6 is 0 Å². The third kappa shape index (κ3) is 59.7.